The van der Waals surface area contributed by atoms with Crippen molar-refractivity contribution in [2.75, 3.05) is 13.1 Å². The van der Waals surface area contributed by atoms with E-state index in [1.54, 1.807) is 17.0 Å². The number of piperazine rings is 1. The van der Waals surface area contributed by atoms with Crippen LogP contribution in [0.4, 0.5) is 13.2 Å². The van der Waals surface area contributed by atoms with Crippen LogP contribution in [-0.4, -0.2) is 35.8 Å². The third kappa shape index (κ3) is 4.92. The van der Waals surface area contributed by atoms with Gasteiger partial charge in [0, 0.05) is 19.6 Å². The average molecular weight is 395 g/mol. The SMILES string of the molecule is O=C(C[C@H]1C(=O)NCCN1Cc1ccccc1C(F)(F)F)NCc1ccco1. The van der Waals surface area contributed by atoms with Crippen molar-refractivity contribution in [3.05, 3.63) is 59.5 Å². The molecule has 2 amide bonds. The third-order valence-corrected chi connectivity index (χ3v) is 4.56. The number of carbonyl (C=O) groups excluding carboxylic acids is 2. The Balaban J connectivity index is 1.69. The van der Waals surface area contributed by atoms with E-state index in [1.807, 2.05) is 0 Å². The zero-order chi connectivity index (χ0) is 20.1. The molecule has 1 aromatic heterocycles. The first kappa shape index (κ1) is 19.9. The number of carbonyl (C=O) groups is 2. The Kier molecular flexibility index (Phi) is 6.03. The molecule has 0 unspecified atom stereocenters. The Labute approximate surface area is 159 Å². The Morgan fingerprint density at radius 1 is 1.25 bits per heavy atom. The molecule has 0 aliphatic carbocycles. The lowest BCUT2D eigenvalue weighted by molar-refractivity contribution is -0.139. The van der Waals surface area contributed by atoms with E-state index in [9.17, 15) is 22.8 Å². The van der Waals surface area contributed by atoms with Crippen LogP contribution in [0.2, 0.25) is 0 Å². The highest BCUT2D eigenvalue weighted by molar-refractivity contribution is 5.88. The van der Waals surface area contributed by atoms with Crippen LogP contribution in [0.15, 0.2) is 47.1 Å². The smallest absolute Gasteiger partial charge is 0.416 e. The number of nitrogens with zero attached hydrogens (tertiary/aromatic N) is 1. The number of alkyl halides is 3. The summed E-state index contributed by atoms with van der Waals surface area (Å²) >= 11 is 0. The van der Waals surface area contributed by atoms with Crippen LogP contribution in [-0.2, 0) is 28.9 Å². The highest BCUT2D eigenvalue weighted by atomic mass is 19.4. The summed E-state index contributed by atoms with van der Waals surface area (Å²) in [5.74, 6) is -0.186. The van der Waals surface area contributed by atoms with Gasteiger partial charge in [-0.1, -0.05) is 18.2 Å². The molecule has 0 saturated carbocycles. The molecule has 0 spiro atoms. The predicted molar refractivity (Wildman–Crippen MR) is 93.8 cm³/mol. The summed E-state index contributed by atoms with van der Waals surface area (Å²) in [5, 5.41) is 5.32. The first-order valence-corrected chi connectivity index (χ1v) is 8.80. The number of nitrogens with one attached hydrogen (secondary N) is 2. The van der Waals surface area contributed by atoms with Crippen LogP contribution >= 0.6 is 0 Å². The summed E-state index contributed by atoms with van der Waals surface area (Å²) in [5.41, 5.74) is -0.660. The van der Waals surface area contributed by atoms with E-state index in [1.165, 1.54) is 24.5 Å². The summed E-state index contributed by atoms with van der Waals surface area (Å²) in [6.07, 6.45) is -3.15. The van der Waals surface area contributed by atoms with Gasteiger partial charge in [0.05, 0.1) is 30.8 Å². The van der Waals surface area contributed by atoms with E-state index in [-0.39, 0.29) is 36.9 Å². The number of hydrogen-bond donors (Lipinski definition) is 2. The normalized spacial score (nSPS) is 18.0. The van der Waals surface area contributed by atoms with E-state index in [2.05, 4.69) is 10.6 Å². The van der Waals surface area contributed by atoms with Crippen molar-refractivity contribution >= 4 is 11.8 Å². The monoisotopic (exact) mass is 395 g/mol. The molecule has 2 heterocycles. The van der Waals surface area contributed by atoms with Crippen LogP contribution in [0.3, 0.4) is 0 Å². The summed E-state index contributed by atoms with van der Waals surface area (Å²) < 4.78 is 44.9. The Morgan fingerprint density at radius 3 is 2.75 bits per heavy atom. The largest absolute Gasteiger partial charge is 0.467 e. The standard InChI is InChI=1S/C19H20F3N3O3/c20-19(21,22)15-6-2-1-4-13(15)12-25-8-7-23-18(27)16(25)10-17(26)24-11-14-5-3-9-28-14/h1-6,9,16H,7-8,10-12H2,(H,23,27)(H,24,26)/t16-/m0/s1. The van der Waals surface area contributed by atoms with Gasteiger partial charge < -0.3 is 15.1 Å². The Bertz CT molecular complexity index is 821. The van der Waals surface area contributed by atoms with Gasteiger partial charge in [-0.3, -0.25) is 14.5 Å². The van der Waals surface area contributed by atoms with Gasteiger partial charge in [-0.15, -0.1) is 0 Å². The maximum Gasteiger partial charge on any atom is 0.416 e. The van der Waals surface area contributed by atoms with Crippen LogP contribution in [0.5, 0.6) is 0 Å². The van der Waals surface area contributed by atoms with Crippen LogP contribution < -0.4 is 10.6 Å². The van der Waals surface area contributed by atoms with Crippen LogP contribution in [0, 0.1) is 0 Å². The molecule has 1 atom stereocenters. The Morgan fingerprint density at radius 2 is 2.04 bits per heavy atom. The lowest BCUT2D eigenvalue weighted by Gasteiger charge is -2.35. The first-order valence-electron chi connectivity index (χ1n) is 8.80. The molecule has 0 radical (unpaired) electrons. The molecular weight excluding hydrogens is 375 g/mol. The molecule has 1 aliphatic heterocycles. The quantitative estimate of drug-likeness (QED) is 0.787. The molecule has 3 rings (SSSR count). The minimum absolute atomic E-state index is 0.0702. The number of hydrogen-bond acceptors (Lipinski definition) is 4. The second-order valence-corrected chi connectivity index (χ2v) is 6.49. The van der Waals surface area contributed by atoms with Gasteiger partial charge in [0.15, 0.2) is 0 Å². The van der Waals surface area contributed by atoms with Gasteiger partial charge in [0.2, 0.25) is 11.8 Å². The molecule has 150 valence electrons. The zero-order valence-corrected chi connectivity index (χ0v) is 15.0. The van der Waals surface area contributed by atoms with E-state index in [0.717, 1.165) is 6.07 Å². The van der Waals surface area contributed by atoms with E-state index < -0.39 is 17.8 Å². The van der Waals surface area contributed by atoms with Gasteiger partial charge in [-0.25, -0.2) is 0 Å². The first-order chi connectivity index (χ1) is 13.3. The molecule has 6 nitrogen and oxygen atoms in total. The molecule has 1 aliphatic rings. The lowest BCUT2D eigenvalue weighted by atomic mass is 10.0. The molecule has 1 aromatic carbocycles. The van der Waals surface area contributed by atoms with Gasteiger partial charge in [-0.2, -0.15) is 13.2 Å². The number of benzene rings is 1. The second-order valence-electron chi connectivity index (χ2n) is 6.49. The minimum atomic E-state index is -4.48. The molecule has 1 fully saturated rings. The fourth-order valence-corrected chi connectivity index (χ4v) is 3.17. The average Bonchev–Trinajstić information content (AvgIpc) is 3.16. The highest BCUT2D eigenvalue weighted by Crippen LogP contribution is 2.32. The fraction of sp³-hybridized carbons (Fsp3) is 0.368. The lowest BCUT2D eigenvalue weighted by Crippen LogP contribution is -2.56. The van der Waals surface area contributed by atoms with Crippen LogP contribution in [0.1, 0.15) is 23.3 Å². The molecule has 2 N–H and O–H groups in total. The third-order valence-electron chi connectivity index (χ3n) is 4.56. The van der Waals surface area contributed by atoms with Crippen LogP contribution in [0.25, 0.3) is 0 Å². The fourth-order valence-electron chi connectivity index (χ4n) is 3.17. The zero-order valence-electron chi connectivity index (χ0n) is 15.0. The van der Waals surface area contributed by atoms with Crippen molar-refractivity contribution in [3.8, 4) is 0 Å². The summed E-state index contributed by atoms with van der Waals surface area (Å²) in [7, 11) is 0. The molecule has 9 heteroatoms. The topological polar surface area (TPSA) is 74.6 Å². The highest BCUT2D eigenvalue weighted by Gasteiger charge is 2.36. The van der Waals surface area contributed by atoms with Crippen molar-refractivity contribution in [2.24, 2.45) is 0 Å². The summed E-state index contributed by atoms with van der Waals surface area (Å²) in [4.78, 5) is 26.1. The molecule has 1 saturated heterocycles. The van der Waals surface area contributed by atoms with E-state index >= 15 is 0 Å². The van der Waals surface area contributed by atoms with Crippen molar-refractivity contribution < 1.29 is 27.2 Å². The second kappa shape index (κ2) is 8.47. The van der Waals surface area contributed by atoms with Gasteiger partial charge >= 0.3 is 6.18 Å². The maximum atomic E-state index is 13.3. The van der Waals surface area contributed by atoms with E-state index in [0.29, 0.717) is 18.8 Å². The van der Waals surface area contributed by atoms with Crippen molar-refractivity contribution in [1.82, 2.24) is 15.5 Å². The number of rotatable bonds is 6. The number of amides is 2. The molecule has 28 heavy (non-hydrogen) atoms. The van der Waals surface area contributed by atoms with E-state index in [4.69, 9.17) is 4.42 Å². The number of halogens is 3. The van der Waals surface area contributed by atoms with Gasteiger partial charge in [0.25, 0.3) is 0 Å². The molecule has 2 aromatic rings. The minimum Gasteiger partial charge on any atom is -0.467 e. The summed E-state index contributed by atoms with van der Waals surface area (Å²) in [6, 6.07) is 7.82. The van der Waals surface area contributed by atoms with Gasteiger partial charge in [0.1, 0.15) is 5.76 Å². The Hall–Kier alpha value is -2.81. The number of furan rings is 1. The van der Waals surface area contributed by atoms with Crippen molar-refractivity contribution in [1.29, 1.82) is 0 Å². The van der Waals surface area contributed by atoms with Crippen molar-refractivity contribution in [2.45, 2.75) is 31.7 Å². The van der Waals surface area contributed by atoms with Crippen molar-refractivity contribution in [3.63, 3.8) is 0 Å². The molecule has 0 bridgehead atoms. The molecular formula is C19H20F3N3O3. The summed E-state index contributed by atoms with van der Waals surface area (Å²) in [6.45, 7) is 0.780. The predicted octanol–water partition coefficient (Wildman–Crippen LogP) is 2.31. The maximum absolute atomic E-state index is 13.3. The van der Waals surface area contributed by atoms with Gasteiger partial charge in [-0.05, 0) is 23.8 Å².